The van der Waals surface area contributed by atoms with Gasteiger partial charge in [0, 0.05) is 41.3 Å². The standard InChI is InChI=1S/C26H26FN5O6S/c27-17-5-3-4-15(8-17)11-32-12-20(18-6-1-2-7-22(18)32)24(34)19-10-29-14-30-26(19)31-21-9-16(23(33)25(21)35)13-38-39(28,36)37/h1-8,10,12,14,16,21,23,25,33,35H,9,11,13H2,(H2,28,36,37)(H,29,30,31)/t16-,21-,23-,25+/m1/s1. The van der Waals surface area contributed by atoms with Crippen LogP contribution in [0.1, 0.15) is 27.9 Å². The minimum Gasteiger partial charge on any atom is -0.390 e. The van der Waals surface area contributed by atoms with E-state index < -0.39 is 41.1 Å². The first-order valence-electron chi connectivity index (χ1n) is 12.1. The fraction of sp³-hybridized carbons (Fsp3) is 0.269. The van der Waals surface area contributed by atoms with Gasteiger partial charge in [0.05, 0.1) is 24.3 Å². The Balaban J connectivity index is 1.42. The minimum absolute atomic E-state index is 0.127. The van der Waals surface area contributed by atoms with E-state index in [4.69, 9.17) is 5.14 Å². The van der Waals surface area contributed by atoms with Crippen LogP contribution in [0.2, 0.25) is 0 Å². The van der Waals surface area contributed by atoms with Crippen molar-refractivity contribution in [1.82, 2.24) is 14.5 Å². The fourth-order valence-corrected chi connectivity index (χ4v) is 5.30. The number of benzene rings is 2. The molecule has 204 valence electrons. The van der Waals surface area contributed by atoms with Crippen molar-refractivity contribution in [3.8, 4) is 0 Å². The van der Waals surface area contributed by atoms with Gasteiger partial charge in [-0.05, 0) is 30.2 Å². The molecule has 2 aromatic heterocycles. The largest absolute Gasteiger partial charge is 0.390 e. The fourth-order valence-electron chi connectivity index (χ4n) is 4.94. The van der Waals surface area contributed by atoms with Crippen LogP contribution in [0.3, 0.4) is 0 Å². The zero-order valence-corrected chi connectivity index (χ0v) is 21.3. The number of aliphatic hydroxyl groups excluding tert-OH is 2. The van der Waals surface area contributed by atoms with Gasteiger partial charge < -0.3 is 20.1 Å². The highest BCUT2D eigenvalue weighted by Crippen LogP contribution is 2.31. The molecular formula is C26H26FN5O6S. The zero-order chi connectivity index (χ0) is 27.7. The number of aromatic nitrogens is 3. The highest BCUT2D eigenvalue weighted by molar-refractivity contribution is 7.84. The molecule has 0 radical (unpaired) electrons. The number of nitrogens with one attached hydrogen (secondary N) is 1. The van der Waals surface area contributed by atoms with E-state index in [2.05, 4.69) is 19.5 Å². The molecule has 2 aromatic carbocycles. The summed E-state index contributed by atoms with van der Waals surface area (Å²) in [4.78, 5) is 22.0. The number of anilines is 1. The summed E-state index contributed by atoms with van der Waals surface area (Å²) in [6.07, 6.45) is 1.85. The summed E-state index contributed by atoms with van der Waals surface area (Å²) in [6, 6.07) is 12.8. The lowest BCUT2D eigenvalue weighted by atomic mass is 10.0. The van der Waals surface area contributed by atoms with Gasteiger partial charge in [-0.2, -0.15) is 8.42 Å². The molecule has 0 saturated heterocycles. The molecule has 0 unspecified atom stereocenters. The molecular weight excluding hydrogens is 529 g/mol. The number of halogens is 1. The molecule has 5 rings (SSSR count). The molecule has 4 atom stereocenters. The molecule has 2 heterocycles. The van der Waals surface area contributed by atoms with Crippen LogP contribution in [0.15, 0.2) is 67.3 Å². The molecule has 5 N–H and O–H groups in total. The van der Waals surface area contributed by atoms with E-state index in [1.807, 2.05) is 28.8 Å². The van der Waals surface area contributed by atoms with E-state index in [1.165, 1.54) is 24.7 Å². The van der Waals surface area contributed by atoms with Crippen molar-refractivity contribution in [2.45, 2.75) is 31.2 Å². The van der Waals surface area contributed by atoms with Crippen LogP contribution in [0.5, 0.6) is 0 Å². The summed E-state index contributed by atoms with van der Waals surface area (Å²) < 4.78 is 42.5. The smallest absolute Gasteiger partial charge is 0.333 e. The number of carbonyl (C=O) groups excluding carboxylic acids is 1. The van der Waals surface area contributed by atoms with Gasteiger partial charge in [-0.3, -0.25) is 8.98 Å². The average Bonchev–Trinajstić information content (AvgIpc) is 3.39. The lowest BCUT2D eigenvalue weighted by Gasteiger charge is -2.19. The lowest BCUT2D eigenvalue weighted by molar-refractivity contribution is 0.00778. The molecule has 39 heavy (non-hydrogen) atoms. The quantitative estimate of drug-likeness (QED) is 0.224. The summed E-state index contributed by atoms with van der Waals surface area (Å²) in [6.45, 7) is -0.0638. The predicted molar refractivity (Wildman–Crippen MR) is 139 cm³/mol. The van der Waals surface area contributed by atoms with Crippen LogP contribution >= 0.6 is 0 Å². The Labute approximate surface area is 223 Å². The van der Waals surface area contributed by atoms with E-state index >= 15 is 0 Å². The third-order valence-corrected chi connectivity index (χ3v) is 7.27. The van der Waals surface area contributed by atoms with Gasteiger partial charge in [-0.1, -0.05) is 30.3 Å². The van der Waals surface area contributed by atoms with Gasteiger partial charge in [0.25, 0.3) is 0 Å². The highest BCUT2D eigenvalue weighted by Gasteiger charge is 2.42. The van der Waals surface area contributed by atoms with Gasteiger partial charge in [0.15, 0.2) is 5.78 Å². The van der Waals surface area contributed by atoms with Crippen LogP contribution in [-0.4, -0.2) is 63.8 Å². The Morgan fingerprint density at radius 1 is 1.15 bits per heavy atom. The monoisotopic (exact) mass is 555 g/mol. The molecule has 0 bridgehead atoms. The second kappa shape index (κ2) is 10.8. The number of hydrogen-bond acceptors (Lipinski definition) is 9. The minimum atomic E-state index is -4.21. The lowest BCUT2D eigenvalue weighted by Crippen LogP contribution is -2.36. The Hall–Kier alpha value is -3.75. The van der Waals surface area contributed by atoms with Crippen molar-refractivity contribution in [2.75, 3.05) is 11.9 Å². The zero-order valence-electron chi connectivity index (χ0n) is 20.5. The van der Waals surface area contributed by atoms with E-state index in [-0.39, 0.29) is 29.4 Å². The highest BCUT2D eigenvalue weighted by atomic mass is 32.2. The molecule has 1 saturated carbocycles. The Morgan fingerprint density at radius 2 is 1.95 bits per heavy atom. The second-order valence-corrected chi connectivity index (χ2v) is 10.7. The molecule has 1 aliphatic carbocycles. The van der Waals surface area contributed by atoms with E-state index in [0.717, 1.165) is 11.1 Å². The van der Waals surface area contributed by atoms with Crippen molar-refractivity contribution in [3.63, 3.8) is 0 Å². The van der Waals surface area contributed by atoms with Crippen molar-refractivity contribution in [1.29, 1.82) is 0 Å². The number of rotatable bonds is 9. The van der Waals surface area contributed by atoms with Gasteiger partial charge in [-0.25, -0.2) is 19.5 Å². The van der Waals surface area contributed by atoms with Crippen LogP contribution < -0.4 is 10.5 Å². The molecule has 13 heteroatoms. The average molecular weight is 556 g/mol. The van der Waals surface area contributed by atoms with E-state index in [9.17, 15) is 27.8 Å². The number of aliphatic hydroxyl groups is 2. The summed E-state index contributed by atoms with van der Waals surface area (Å²) >= 11 is 0. The summed E-state index contributed by atoms with van der Waals surface area (Å²) in [5.41, 5.74) is 2.03. The molecule has 0 spiro atoms. The van der Waals surface area contributed by atoms with Gasteiger partial charge in [0.1, 0.15) is 24.1 Å². The first kappa shape index (κ1) is 26.8. The van der Waals surface area contributed by atoms with Gasteiger partial charge >= 0.3 is 10.3 Å². The molecule has 1 fully saturated rings. The first-order valence-corrected chi connectivity index (χ1v) is 13.5. The van der Waals surface area contributed by atoms with E-state index in [0.29, 0.717) is 17.5 Å². The normalized spacial score (nSPS) is 21.3. The van der Waals surface area contributed by atoms with Crippen LogP contribution in [0, 0.1) is 11.7 Å². The van der Waals surface area contributed by atoms with E-state index in [1.54, 1.807) is 18.3 Å². The van der Waals surface area contributed by atoms with Crippen molar-refractivity contribution < 1.29 is 32.0 Å². The number of fused-ring (bicyclic) bond motifs is 1. The maximum Gasteiger partial charge on any atom is 0.333 e. The van der Waals surface area contributed by atoms with Crippen LogP contribution in [0.25, 0.3) is 10.9 Å². The second-order valence-electron chi connectivity index (χ2n) is 9.44. The maximum atomic E-state index is 13.8. The summed E-state index contributed by atoms with van der Waals surface area (Å²) in [5.74, 6) is -1.32. The van der Waals surface area contributed by atoms with Gasteiger partial charge in [0.2, 0.25) is 0 Å². The van der Waals surface area contributed by atoms with Gasteiger partial charge in [-0.15, -0.1) is 0 Å². The summed E-state index contributed by atoms with van der Waals surface area (Å²) in [5, 5.41) is 29.5. The number of carbonyl (C=O) groups is 1. The Bertz CT molecular complexity index is 1630. The summed E-state index contributed by atoms with van der Waals surface area (Å²) in [7, 11) is -4.21. The van der Waals surface area contributed by atoms with Crippen LogP contribution in [0.4, 0.5) is 10.2 Å². The number of nitrogens with zero attached hydrogens (tertiary/aromatic N) is 3. The Morgan fingerprint density at radius 3 is 2.72 bits per heavy atom. The number of para-hydroxylation sites is 1. The molecule has 0 aliphatic heterocycles. The number of ketones is 1. The van der Waals surface area contributed by atoms with Crippen LogP contribution in [-0.2, 0) is 21.0 Å². The number of nitrogens with two attached hydrogens (primary N) is 1. The first-order chi connectivity index (χ1) is 18.6. The maximum absolute atomic E-state index is 13.8. The molecule has 4 aromatic rings. The van der Waals surface area contributed by atoms with Crippen molar-refractivity contribution >= 4 is 32.8 Å². The SMILES string of the molecule is NS(=O)(=O)OC[C@H]1C[C@@H](Nc2ncncc2C(=O)c2cn(Cc3cccc(F)c3)c3ccccc23)[C@H](O)[C@@H]1O. The molecule has 1 aliphatic rings. The third kappa shape index (κ3) is 5.82. The topological polar surface area (TPSA) is 170 Å². The predicted octanol–water partition coefficient (Wildman–Crippen LogP) is 1.59. The third-order valence-electron chi connectivity index (χ3n) is 6.80. The van der Waals surface area contributed by atoms with Crippen molar-refractivity contribution in [3.05, 3.63) is 89.8 Å². The molecule has 11 nitrogen and oxygen atoms in total. The number of hydrogen-bond donors (Lipinski definition) is 4. The Kier molecular flexibility index (Phi) is 7.42. The van der Waals surface area contributed by atoms with Crippen molar-refractivity contribution in [2.24, 2.45) is 11.1 Å². The molecule has 0 amide bonds.